The van der Waals surface area contributed by atoms with Gasteiger partial charge in [-0.2, -0.15) is 0 Å². The van der Waals surface area contributed by atoms with Crippen LogP contribution >= 0.6 is 0 Å². The van der Waals surface area contributed by atoms with Gasteiger partial charge in [-0.15, -0.1) is 0 Å². The second-order valence-electron chi connectivity index (χ2n) is 8.47. The Balaban J connectivity index is 1.44. The summed E-state index contributed by atoms with van der Waals surface area (Å²) in [7, 11) is 0. The van der Waals surface area contributed by atoms with E-state index in [0.29, 0.717) is 13.0 Å². The highest BCUT2D eigenvalue weighted by molar-refractivity contribution is 5.86. The van der Waals surface area contributed by atoms with Gasteiger partial charge in [0.25, 0.3) is 0 Å². The first-order chi connectivity index (χ1) is 13.5. The van der Waals surface area contributed by atoms with Crippen molar-refractivity contribution in [3.05, 3.63) is 30.3 Å². The summed E-state index contributed by atoms with van der Waals surface area (Å²) in [4.78, 5) is 32.8. The third-order valence-electron chi connectivity index (χ3n) is 6.63. The Morgan fingerprint density at radius 1 is 1.00 bits per heavy atom. The minimum atomic E-state index is -0.982. The van der Waals surface area contributed by atoms with E-state index < -0.39 is 12.1 Å². The Kier molecular flexibility index (Phi) is 5.19. The van der Waals surface area contributed by atoms with E-state index in [1.54, 1.807) is 0 Å². The van der Waals surface area contributed by atoms with E-state index in [-0.39, 0.29) is 11.4 Å². The van der Waals surface area contributed by atoms with Gasteiger partial charge in [0.15, 0.2) is 0 Å². The zero-order valence-electron chi connectivity index (χ0n) is 16.6. The van der Waals surface area contributed by atoms with Crippen LogP contribution in [-0.4, -0.2) is 89.2 Å². The van der Waals surface area contributed by atoms with Crippen molar-refractivity contribution in [1.82, 2.24) is 14.7 Å². The Hall–Kier alpha value is -2.28. The normalized spacial score (nSPS) is 28.8. The van der Waals surface area contributed by atoms with E-state index in [9.17, 15) is 14.7 Å². The molecule has 0 saturated carbocycles. The summed E-state index contributed by atoms with van der Waals surface area (Å²) in [6.07, 6.45) is 1.64. The zero-order chi connectivity index (χ0) is 19.7. The number of carbonyl (C=O) groups excluding carboxylic acids is 1. The lowest BCUT2D eigenvalue weighted by molar-refractivity contribution is -0.134. The highest BCUT2D eigenvalue weighted by Gasteiger charge is 2.50. The van der Waals surface area contributed by atoms with Crippen molar-refractivity contribution in [2.24, 2.45) is 0 Å². The molecule has 0 bridgehead atoms. The number of piperazine rings is 1. The van der Waals surface area contributed by atoms with Crippen LogP contribution in [0.2, 0.25) is 0 Å². The molecule has 4 rings (SSSR count). The van der Waals surface area contributed by atoms with Crippen LogP contribution in [0.1, 0.15) is 26.2 Å². The summed E-state index contributed by atoms with van der Waals surface area (Å²) in [5.41, 5.74) is 0.939. The number of likely N-dealkylation sites (tertiary alicyclic amines) is 2. The van der Waals surface area contributed by atoms with E-state index in [1.807, 2.05) is 11.0 Å². The average Bonchev–Trinajstić information content (AvgIpc) is 3.37. The average molecular weight is 386 g/mol. The number of anilines is 1. The molecule has 0 unspecified atom stereocenters. The van der Waals surface area contributed by atoms with Crippen molar-refractivity contribution >= 4 is 17.7 Å². The summed E-state index contributed by atoms with van der Waals surface area (Å²) >= 11 is 0. The molecule has 2 atom stereocenters. The summed E-state index contributed by atoms with van der Waals surface area (Å²) in [6.45, 7) is 7.63. The lowest BCUT2D eigenvalue weighted by atomic mass is 9.94. The molecular formula is C21H30N4O3. The summed E-state index contributed by atoms with van der Waals surface area (Å²) in [5.74, 6) is -0.00783. The fourth-order valence-electron chi connectivity index (χ4n) is 5.01. The molecule has 3 heterocycles. The van der Waals surface area contributed by atoms with Gasteiger partial charge >= 0.3 is 6.09 Å². The van der Waals surface area contributed by atoms with Crippen molar-refractivity contribution in [3.63, 3.8) is 0 Å². The Morgan fingerprint density at radius 3 is 2.25 bits per heavy atom. The van der Waals surface area contributed by atoms with Gasteiger partial charge in [0, 0.05) is 57.0 Å². The van der Waals surface area contributed by atoms with Gasteiger partial charge in [0.1, 0.15) is 6.04 Å². The second kappa shape index (κ2) is 7.62. The molecule has 1 N–H and O–H groups in total. The molecule has 7 heteroatoms. The molecule has 2 amide bonds. The minimum absolute atomic E-state index is 0.00783. The first-order valence-electron chi connectivity index (χ1n) is 10.3. The number of rotatable bonds is 3. The van der Waals surface area contributed by atoms with Crippen LogP contribution in [0.3, 0.4) is 0 Å². The van der Waals surface area contributed by atoms with Crippen molar-refractivity contribution in [2.75, 3.05) is 50.7 Å². The number of carboxylic acid groups (broad SMARTS) is 1. The first-order valence-corrected chi connectivity index (χ1v) is 10.3. The molecule has 3 aliphatic rings. The third kappa shape index (κ3) is 3.55. The molecular weight excluding hydrogens is 356 g/mol. The number of benzene rings is 1. The van der Waals surface area contributed by atoms with Crippen molar-refractivity contribution in [3.8, 4) is 0 Å². The molecule has 0 aromatic heterocycles. The minimum Gasteiger partial charge on any atom is -0.465 e. The van der Waals surface area contributed by atoms with E-state index in [4.69, 9.17) is 0 Å². The van der Waals surface area contributed by atoms with Crippen LogP contribution in [0.5, 0.6) is 0 Å². The number of amides is 2. The largest absolute Gasteiger partial charge is 0.465 e. The van der Waals surface area contributed by atoms with E-state index in [2.05, 4.69) is 41.0 Å². The van der Waals surface area contributed by atoms with Crippen LogP contribution in [0, 0.1) is 0 Å². The van der Waals surface area contributed by atoms with E-state index in [0.717, 1.165) is 52.1 Å². The van der Waals surface area contributed by atoms with Crippen LogP contribution in [0.25, 0.3) is 0 Å². The van der Waals surface area contributed by atoms with Gasteiger partial charge in [-0.1, -0.05) is 18.2 Å². The predicted octanol–water partition coefficient (Wildman–Crippen LogP) is 1.94. The van der Waals surface area contributed by atoms with Crippen LogP contribution in [0.4, 0.5) is 10.5 Å². The smallest absolute Gasteiger partial charge is 0.408 e. The van der Waals surface area contributed by atoms with Crippen molar-refractivity contribution in [2.45, 2.75) is 37.8 Å². The molecule has 7 nitrogen and oxygen atoms in total. The van der Waals surface area contributed by atoms with Gasteiger partial charge in [-0.3, -0.25) is 14.6 Å². The maximum absolute atomic E-state index is 13.0. The maximum Gasteiger partial charge on any atom is 0.408 e. The molecule has 3 aliphatic heterocycles. The number of hydrogen-bond donors (Lipinski definition) is 1. The van der Waals surface area contributed by atoms with E-state index in [1.165, 1.54) is 10.6 Å². The van der Waals surface area contributed by atoms with Gasteiger partial charge in [0.05, 0.1) is 0 Å². The quantitative estimate of drug-likeness (QED) is 0.860. The SMILES string of the molecule is C[C@]1(N2CCN(c3ccccc3)CC2)C[C@@H](C(=O)N2CCCC2)N(C(=O)O)C1. The highest BCUT2D eigenvalue weighted by atomic mass is 16.4. The van der Waals surface area contributed by atoms with Crippen molar-refractivity contribution in [1.29, 1.82) is 0 Å². The summed E-state index contributed by atoms with van der Waals surface area (Å²) < 4.78 is 0. The van der Waals surface area contributed by atoms with Crippen LogP contribution in [-0.2, 0) is 4.79 Å². The fourth-order valence-corrected chi connectivity index (χ4v) is 5.01. The van der Waals surface area contributed by atoms with Gasteiger partial charge < -0.3 is 14.9 Å². The first kappa shape index (κ1) is 19.1. The third-order valence-corrected chi connectivity index (χ3v) is 6.63. The number of nitrogens with zero attached hydrogens (tertiary/aromatic N) is 4. The van der Waals surface area contributed by atoms with Gasteiger partial charge in [-0.05, 0) is 38.3 Å². The predicted molar refractivity (Wildman–Crippen MR) is 108 cm³/mol. The molecule has 0 radical (unpaired) electrons. The second-order valence-corrected chi connectivity index (χ2v) is 8.47. The van der Waals surface area contributed by atoms with E-state index >= 15 is 0 Å². The molecule has 28 heavy (non-hydrogen) atoms. The zero-order valence-corrected chi connectivity index (χ0v) is 16.6. The molecule has 1 aromatic rings. The lowest BCUT2D eigenvalue weighted by Crippen LogP contribution is -2.57. The summed E-state index contributed by atoms with van der Waals surface area (Å²) in [5, 5.41) is 9.73. The Morgan fingerprint density at radius 2 is 1.64 bits per heavy atom. The molecule has 152 valence electrons. The molecule has 0 aliphatic carbocycles. The topological polar surface area (TPSA) is 67.3 Å². The van der Waals surface area contributed by atoms with Gasteiger partial charge in [0.2, 0.25) is 5.91 Å². The number of para-hydroxylation sites is 1. The van der Waals surface area contributed by atoms with Gasteiger partial charge in [-0.25, -0.2) is 4.79 Å². The number of carbonyl (C=O) groups is 2. The Bertz CT molecular complexity index is 714. The summed E-state index contributed by atoms with van der Waals surface area (Å²) in [6, 6.07) is 9.84. The monoisotopic (exact) mass is 386 g/mol. The molecule has 1 aromatic carbocycles. The standard InChI is InChI=1S/C21H30N4O3/c1-21(24-13-11-22(12-14-24)17-7-3-2-4-8-17)15-18(25(16-21)20(27)28)19(26)23-9-5-6-10-23/h2-4,7-8,18H,5-6,9-16H2,1H3,(H,27,28)/t18-,21-/m0/s1. The molecule has 0 spiro atoms. The number of hydrogen-bond acceptors (Lipinski definition) is 4. The molecule has 3 fully saturated rings. The maximum atomic E-state index is 13.0. The van der Waals surface area contributed by atoms with Crippen molar-refractivity contribution < 1.29 is 14.7 Å². The lowest BCUT2D eigenvalue weighted by Gasteiger charge is -2.44. The Labute approximate surface area is 166 Å². The molecule has 3 saturated heterocycles. The van der Waals surface area contributed by atoms with Crippen LogP contribution in [0.15, 0.2) is 30.3 Å². The highest BCUT2D eigenvalue weighted by Crippen LogP contribution is 2.35. The van der Waals surface area contributed by atoms with Crippen LogP contribution < -0.4 is 4.90 Å². The fraction of sp³-hybridized carbons (Fsp3) is 0.619.